The molecule has 3 rings (SSSR count). The summed E-state index contributed by atoms with van der Waals surface area (Å²) in [5.41, 5.74) is 7.68. The van der Waals surface area contributed by atoms with E-state index in [2.05, 4.69) is 20.7 Å². The number of aromatic nitrogens is 4. The number of amides is 1. The molecule has 0 saturated carbocycles. The number of rotatable bonds is 4. The zero-order valence-corrected chi connectivity index (χ0v) is 12.7. The molecule has 0 aliphatic carbocycles. The Morgan fingerprint density at radius 3 is 2.74 bits per heavy atom. The van der Waals surface area contributed by atoms with E-state index in [0.717, 1.165) is 5.56 Å². The van der Waals surface area contributed by atoms with Crippen molar-refractivity contribution in [3.63, 3.8) is 0 Å². The van der Waals surface area contributed by atoms with E-state index < -0.39 is 0 Å². The van der Waals surface area contributed by atoms with Crippen LogP contribution in [0.5, 0.6) is 0 Å². The molecule has 0 unspecified atom stereocenters. The monoisotopic (exact) mass is 328 g/mol. The van der Waals surface area contributed by atoms with E-state index >= 15 is 0 Å². The third-order valence-electron chi connectivity index (χ3n) is 3.02. The highest BCUT2D eigenvalue weighted by Crippen LogP contribution is 2.16. The van der Waals surface area contributed by atoms with Crippen LogP contribution in [0.3, 0.4) is 0 Å². The summed E-state index contributed by atoms with van der Waals surface area (Å²) in [6, 6.07) is 14.0. The van der Waals surface area contributed by atoms with Crippen LogP contribution in [-0.2, 0) is 11.3 Å². The Morgan fingerprint density at radius 1 is 1.22 bits per heavy atom. The number of hydrogen-bond acceptors (Lipinski definition) is 5. The van der Waals surface area contributed by atoms with Crippen molar-refractivity contribution >= 4 is 28.9 Å². The van der Waals surface area contributed by atoms with Crippen molar-refractivity contribution in [2.75, 3.05) is 11.1 Å². The van der Waals surface area contributed by atoms with Gasteiger partial charge in [-0.2, -0.15) is 4.80 Å². The topological polar surface area (TPSA) is 98.7 Å². The predicted octanol–water partition coefficient (Wildman–Crippen LogP) is 2.21. The van der Waals surface area contributed by atoms with Gasteiger partial charge in [0.05, 0.1) is 0 Å². The molecule has 1 amide bonds. The van der Waals surface area contributed by atoms with Gasteiger partial charge in [-0.05, 0) is 47.7 Å². The molecule has 0 saturated heterocycles. The third kappa shape index (κ3) is 3.83. The average Bonchev–Trinajstić information content (AvgIpc) is 2.96. The van der Waals surface area contributed by atoms with Crippen molar-refractivity contribution < 1.29 is 4.79 Å². The number of anilines is 2. The van der Waals surface area contributed by atoms with Gasteiger partial charge in [0.2, 0.25) is 11.7 Å². The maximum absolute atomic E-state index is 12.0. The highest BCUT2D eigenvalue weighted by molar-refractivity contribution is 6.30. The van der Waals surface area contributed by atoms with Crippen LogP contribution in [0, 0.1) is 0 Å². The van der Waals surface area contributed by atoms with Crippen molar-refractivity contribution in [2.24, 2.45) is 0 Å². The van der Waals surface area contributed by atoms with E-state index in [4.69, 9.17) is 17.3 Å². The average molecular weight is 329 g/mol. The molecule has 0 fully saturated rings. The molecular formula is C15H13ClN6O. The number of hydrogen-bond donors (Lipinski definition) is 2. The van der Waals surface area contributed by atoms with Gasteiger partial charge in [-0.3, -0.25) is 4.79 Å². The van der Waals surface area contributed by atoms with E-state index in [1.54, 1.807) is 48.5 Å². The Kier molecular flexibility index (Phi) is 4.20. The SMILES string of the molecule is Nc1ccc(-c2nnn(CC(=O)Nc3cccc(Cl)c3)n2)cc1. The van der Waals surface area contributed by atoms with E-state index in [1.165, 1.54) is 4.80 Å². The first-order valence-electron chi connectivity index (χ1n) is 6.79. The third-order valence-corrected chi connectivity index (χ3v) is 3.25. The molecule has 0 atom stereocenters. The number of benzene rings is 2. The Balaban J connectivity index is 1.66. The predicted molar refractivity (Wildman–Crippen MR) is 87.7 cm³/mol. The minimum atomic E-state index is -0.270. The summed E-state index contributed by atoms with van der Waals surface area (Å²) in [6.07, 6.45) is 0. The Hall–Kier alpha value is -2.93. The van der Waals surface area contributed by atoms with E-state index in [1.807, 2.05) is 0 Å². The Bertz CT molecular complexity index is 830. The molecule has 1 heterocycles. The lowest BCUT2D eigenvalue weighted by Crippen LogP contribution is -2.20. The maximum atomic E-state index is 12.0. The zero-order chi connectivity index (χ0) is 16.2. The number of carbonyl (C=O) groups is 1. The first-order valence-corrected chi connectivity index (χ1v) is 7.17. The van der Waals surface area contributed by atoms with Gasteiger partial charge in [0.15, 0.2) is 0 Å². The molecule has 116 valence electrons. The van der Waals surface area contributed by atoms with Crippen LogP contribution in [0.1, 0.15) is 0 Å². The van der Waals surface area contributed by atoms with Crippen molar-refractivity contribution in [1.29, 1.82) is 0 Å². The molecule has 0 aliphatic heterocycles. The molecule has 8 heteroatoms. The van der Waals surface area contributed by atoms with Crippen LogP contribution < -0.4 is 11.1 Å². The van der Waals surface area contributed by atoms with Gasteiger partial charge in [-0.1, -0.05) is 17.7 Å². The zero-order valence-electron chi connectivity index (χ0n) is 12.0. The van der Waals surface area contributed by atoms with Gasteiger partial charge in [0.1, 0.15) is 6.54 Å². The fourth-order valence-corrected chi connectivity index (χ4v) is 2.14. The summed E-state index contributed by atoms with van der Waals surface area (Å²) in [5.74, 6) is 0.161. The lowest BCUT2D eigenvalue weighted by Gasteiger charge is -2.04. The maximum Gasteiger partial charge on any atom is 0.248 e. The lowest BCUT2D eigenvalue weighted by molar-refractivity contribution is -0.117. The summed E-state index contributed by atoms with van der Waals surface area (Å²) in [5, 5.41) is 15.2. The smallest absolute Gasteiger partial charge is 0.248 e. The molecule has 23 heavy (non-hydrogen) atoms. The standard InChI is InChI=1S/C15H13ClN6O/c16-11-2-1-3-13(8-11)18-14(23)9-22-20-15(19-21-22)10-4-6-12(17)7-5-10/h1-8H,9,17H2,(H,18,23). The normalized spacial score (nSPS) is 10.5. The fourth-order valence-electron chi connectivity index (χ4n) is 1.95. The summed E-state index contributed by atoms with van der Waals surface area (Å²) >= 11 is 5.87. The van der Waals surface area contributed by atoms with Crippen LogP contribution in [0.15, 0.2) is 48.5 Å². The van der Waals surface area contributed by atoms with Crippen molar-refractivity contribution in [3.8, 4) is 11.4 Å². The number of carbonyl (C=O) groups excluding carboxylic acids is 1. The Labute approximate surface area is 137 Å². The Morgan fingerprint density at radius 2 is 2.00 bits per heavy atom. The van der Waals surface area contributed by atoms with Gasteiger partial charge in [0, 0.05) is 22.0 Å². The van der Waals surface area contributed by atoms with E-state index in [-0.39, 0.29) is 12.5 Å². The number of nitrogens with zero attached hydrogens (tertiary/aromatic N) is 4. The molecule has 0 bridgehead atoms. The minimum absolute atomic E-state index is 0.0471. The molecule has 0 aliphatic rings. The molecule has 1 aromatic heterocycles. The quantitative estimate of drug-likeness (QED) is 0.715. The largest absolute Gasteiger partial charge is 0.399 e. The first kappa shape index (κ1) is 15.0. The van der Waals surface area contributed by atoms with Crippen molar-refractivity contribution in [1.82, 2.24) is 20.2 Å². The van der Waals surface area contributed by atoms with Gasteiger partial charge < -0.3 is 11.1 Å². The minimum Gasteiger partial charge on any atom is -0.399 e. The number of nitrogens with one attached hydrogen (secondary N) is 1. The van der Waals surface area contributed by atoms with Crippen LogP contribution in [0.2, 0.25) is 5.02 Å². The number of halogens is 1. The van der Waals surface area contributed by atoms with Gasteiger partial charge in [0.25, 0.3) is 0 Å². The van der Waals surface area contributed by atoms with Crippen LogP contribution in [0.25, 0.3) is 11.4 Å². The van der Waals surface area contributed by atoms with Crippen molar-refractivity contribution in [3.05, 3.63) is 53.6 Å². The number of nitrogen functional groups attached to an aromatic ring is 1. The van der Waals surface area contributed by atoms with Gasteiger partial charge in [-0.25, -0.2) is 0 Å². The van der Waals surface area contributed by atoms with Gasteiger partial charge in [-0.15, -0.1) is 10.2 Å². The number of nitrogens with two attached hydrogens (primary N) is 1. The van der Waals surface area contributed by atoms with E-state index in [9.17, 15) is 4.79 Å². The summed E-state index contributed by atoms with van der Waals surface area (Å²) in [6.45, 7) is -0.0471. The number of tetrazole rings is 1. The second-order valence-electron chi connectivity index (χ2n) is 4.82. The van der Waals surface area contributed by atoms with Gasteiger partial charge >= 0.3 is 0 Å². The van der Waals surface area contributed by atoms with Crippen LogP contribution >= 0.6 is 11.6 Å². The molecule has 0 radical (unpaired) electrons. The van der Waals surface area contributed by atoms with Crippen molar-refractivity contribution in [2.45, 2.75) is 6.54 Å². The molecule has 2 aromatic carbocycles. The highest BCUT2D eigenvalue weighted by atomic mass is 35.5. The summed E-state index contributed by atoms with van der Waals surface area (Å²) < 4.78 is 0. The molecule has 7 nitrogen and oxygen atoms in total. The second kappa shape index (κ2) is 6.45. The van der Waals surface area contributed by atoms with E-state index in [0.29, 0.717) is 22.2 Å². The summed E-state index contributed by atoms with van der Waals surface area (Å²) in [4.78, 5) is 13.2. The lowest BCUT2D eigenvalue weighted by atomic mass is 10.2. The molecule has 3 aromatic rings. The molecule has 3 N–H and O–H groups in total. The molecular weight excluding hydrogens is 316 g/mol. The summed E-state index contributed by atoms with van der Waals surface area (Å²) in [7, 11) is 0. The second-order valence-corrected chi connectivity index (χ2v) is 5.26. The highest BCUT2D eigenvalue weighted by Gasteiger charge is 2.09. The first-order chi connectivity index (χ1) is 11.1. The fraction of sp³-hybridized carbons (Fsp3) is 0.0667. The van der Waals surface area contributed by atoms with Crippen LogP contribution in [0.4, 0.5) is 11.4 Å². The molecule has 0 spiro atoms. The van der Waals surface area contributed by atoms with Crippen LogP contribution in [-0.4, -0.2) is 26.1 Å².